The van der Waals surface area contributed by atoms with E-state index < -0.39 is 17.8 Å². The van der Waals surface area contributed by atoms with E-state index in [1.807, 2.05) is 0 Å². The topological polar surface area (TPSA) is 89.7 Å². The number of hydrogen-bond donors (Lipinski definition) is 1. The third-order valence-corrected chi connectivity index (χ3v) is 2.61. The van der Waals surface area contributed by atoms with Gasteiger partial charge in [-0.05, 0) is 23.1 Å². The monoisotopic (exact) mass is 320 g/mol. The fraction of sp³-hybridized carbons (Fsp3) is 0.471. The molecule has 0 spiro atoms. The van der Waals surface area contributed by atoms with Gasteiger partial charge in [-0.1, -0.05) is 39.8 Å². The van der Waals surface area contributed by atoms with Gasteiger partial charge in [-0.25, -0.2) is 4.79 Å². The molecule has 23 heavy (non-hydrogen) atoms. The summed E-state index contributed by atoms with van der Waals surface area (Å²) in [6.45, 7) is 9.12. The van der Waals surface area contributed by atoms with Crippen molar-refractivity contribution in [2.75, 3.05) is 0 Å². The molecule has 1 heterocycles. The summed E-state index contributed by atoms with van der Waals surface area (Å²) in [5.41, 5.74) is 7.07. The summed E-state index contributed by atoms with van der Waals surface area (Å²) in [6, 6.07) is 6.44. The Morgan fingerprint density at radius 3 is 1.91 bits per heavy atom. The Morgan fingerprint density at radius 1 is 1.09 bits per heavy atom. The normalized spacial score (nSPS) is 14.4. The zero-order chi connectivity index (χ0) is 17.6. The molecule has 0 aromatic heterocycles. The van der Waals surface area contributed by atoms with E-state index >= 15 is 0 Å². The molecule has 6 heteroatoms. The zero-order valence-electron chi connectivity index (χ0n) is 14.1. The lowest BCUT2D eigenvalue weighted by atomic mass is 10.0. The minimum Gasteiger partial charge on any atom is -0.326 e. The fourth-order valence-electron chi connectivity index (χ4n) is 1.57. The molecule has 0 atom stereocenters. The van der Waals surface area contributed by atoms with Gasteiger partial charge in [-0.3, -0.25) is 9.59 Å². The number of carbonyl (C=O) groups is 3. The molecule has 0 radical (unpaired) electrons. The van der Waals surface area contributed by atoms with Crippen molar-refractivity contribution in [1.82, 2.24) is 5.06 Å². The van der Waals surface area contributed by atoms with Crippen LogP contribution in [0.15, 0.2) is 24.3 Å². The van der Waals surface area contributed by atoms with Crippen molar-refractivity contribution in [1.29, 1.82) is 0 Å². The van der Waals surface area contributed by atoms with Gasteiger partial charge in [0.05, 0.1) is 5.56 Å². The summed E-state index contributed by atoms with van der Waals surface area (Å²) >= 11 is 0. The Hall–Kier alpha value is -2.21. The minimum atomic E-state index is -0.734. The lowest BCUT2D eigenvalue weighted by Gasteiger charge is -2.12. The summed E-state index contributed by atoms with van der Waals surface area (Å²) in [4.78, 5) is 39.0. The number of nitrogens with two attached hydrogens (primary N) is 1. The Bertz CT molecular complexity index is 551. The summed E-state index contributed by atoms with van der Waals surface area (Å²) in [5, 5.41) is 0.527. The highest BCUT2D eigenvalue weighted by atomic mass is 16.7. The Labute approximate surface area is 136 Å². The van der Waals surface area contributed by atoms with Gasteiger partial charge >= 0.3 is 5.97 Å². The molecular weight excluding hydrogens is 296 g/mol. The molecule has 6 nitrogen and oxygen atoms in total. The number of rotatable bonds is 3. The fourth-order valence-corrected chi connectivity index (χ4v) is 1.57. The third-order valence-electron chi connectivity index (χ3n) is 2.61. The van der Waals surface area contributed by atoms with Crippen molar-refractivity contribution in [2.45, 2.75) is 47.1 Å². The van der Waals surface area contributed by atoms with Crippen LogP contribution in [0.5, 0.6) is 0 Å². The maximum Gasteiger partial charge on any atom is 0.363 e. The highest BCUT2D eigenvalue weighted by Crippen LogP contribution is 2.14. The van der Waals surface area contributed by atoms with E-state index in [1.54, 1.807) is 12.1 Å². The van der Waals surface area contributed by atoms with Crippen LogP contribution in [0, 0.1) is 5.41 Å². The first-order chi connectivity index (χ1) is 10.6. The molecular formula is C17H24N2O4. The molecule has 0 saturated carbocycles. The van der Waals surface area contributed by atoms with E-state index in [9.17, 15) is 14.4 Å². The average Bonchev–Trinajstić information content (AvgIpc) is 2.77. The second-order valence-corrected chi connectivity index (χ2v) is 6.86. The lowest BCUT2D eigenvalue weighted by Crippen LogP contribution is -2.32. The lowest BCUT2D eigenvalue weighted by molar-refractivity contribution is -0.172. The number of benzene rings is 1. The second-order valence-electron chi connectivity index (χ2n) is 6.86. The van der Waals surface area contributed by atoms with Crippen LogP contribution in [0.1, 0.15) is 56.5 Å². The van der Waals surface area contributed by atoms with Crippen LogP contribution < -0.4 is 5.73 Å². The Kier molecular flexibility index (Phi) is 6.45. The van der Waals surface area contributed by atoms with Gasteiger partial charge in [0.1, 0.15) is 0 Å². The maximum atomic E-state index is 11.7. The van der Waals surface area contributed by atoms with Crippen LogP contribution in [0.25, 0.3) is 0 Å². The molecule has 2 rings (SSSR count). The van der Waals surface area contributed by atoms with Gasteiger partial charge in [-0.15, -0.1) is 5.06 Å². The largest absolute Gasteiger partial charge is 0.363 e. The minimum absolute atomic E-state index is 0.0816. The summed E-state index contributed by atoms with van der Waals surface area (Å²) in [6.07, 6.45) is 0.163. The molecule has 1 aromatic rings. The van der Waals surface area contributed by atoms with Crippen LogP contribution >= 0.6 is 0 Å². The quantitative estimate of drug-likeness (QED) is 0.864. The molecule has 0 bridgehead atoms. The zero-order valence-corrected chi connectivity index (χ0v) is 14.1. The van der Waals surface area contributed by atoms with E-state index in [4.69, 9.17) is 10.6 Å². The van der Waals surface area contributed by atoms with Gasteiger partial charge < -0.3 is 10.6 Å². The first-order valence-corrected chi connectivity index (χ1v) is 7.49. The molecule has 1 fully saturated rings. The molecule has 0 aliphatic carbocycles. The standard InChI is InChI=1S/C12H12N2O4.C5H12/c13-7-8-1-3-9(4-2-8)12(17)18-14-10(15)5-6-11(14)16;1-5(2,3)4/h1-4H,5-7,13H2;1-4H3. The molecule has 1 aliphatic heterocycles. The van der Waals surface area contributed by atoms with Crippen molar-refractivity contribution in [2.24, 2.45) is 11.1 Å². The third kappa shape index (κ3) is 6.61. The SMILES string of the molecule is CC(C)(C)C.NCc1ccc(C(=O)ON2C(=O)CCC2=O)cc1. The van der Waals surface area contributed by atoms with Gasteiger partial charge in [0.2, 0.25) is 0 Å². The number of nitrogens with zero attached hydrogens (tertiary/aromatic N) is 1. The molecule has 1 aliphatic rings. The van der Waals surface area contributed by atoms with Crippen LogP contribution in [0.4, 0.5) is 0 Å². The van der Waals surface area contributed by atoms with Gasteiger partial charge in [0.25, 0.3) is 11.8 Å². The summed E-state index contributed by atoms with van der Waals surface area (Å²) in [5.74, 6) is -1.72. The van der Waals surface area contributed by atoms with Crippen LogP contribution in [0.3, 0.4) is 0 Å². The van der Waals surface area contributed by atoms with Crippen molar-refractivity contribution in [3.05, 3.63) is 35.4 Å². The molecule has 2 N–H and O–H groups in total. The van der Waals surface area contributed by atoms with E-state index in [2.05, 4.69) is 27.7 Å². The summed E-state index contributed by atoms with van der Waals surface area (Å²) < 4.78 is 0. The van der Waals surface area contributed by atoms with E-state index in [0.717, 1.165) is 5.56 Å². The molecule has 1 aromatic carbocycles. The highest BCUT2D eigenvalue weighted by molar-refractivity contribution is 6.02. The second kappa shape index (κ2) is 7.87. The smallest absolute Gasteiger partial charge is 0.326 e. The molecule has 0 unspecified atom stereocenters. The van der Waals surface area contributed by atoms with E-state index in [1.165, 1.54) is 12.1 Å². The molecule has 126 valence electrons. The van der Waals surface area contributed by atoms with Crippen LogP contribution in [-0.4, -0.2) is 22.8 Å². The first kappa shape index (κ1) is 18.8. The number of hydroxylamine groups is 2. The molecule has 1 saturated heterocycles. The Balaban J connectivity index is 0.000000463. The van der Waals surface area contributed by atoms with Crippen molar-refractivity contribution < 1.29 is 19.2 Å². The van der Waals surface area contributed by atoms with Crippen molar-refractivity contribution >= 4 is 17.8 Å². The van der Waals surface area contributed by atoms with E-state index in [-0.39, 0.29) is 18.4 Å². The van der Waals surface area contributed by atoms with Crippen LogP contribution in [-0.2, 0) is 21.0 Å². The van der Waals surface area contributed by atoms with E-state index in [0.29, 0.717) is 17.0 Å². The predicted octanol–water partition coefficient (Wildman–Crippen LogP) is 2.42. The number of carbonyl (C=O) groups excluding carboxylic acids is 3. The average molecular weight is 320 g/mol. The summed E-state index contributed by atoms with van der Waals surface area (Å²) in [7, 11) is 0. The highest BCUT2D eigenvalue weighted by Gasteiger charge is 2.33. The number of imide groups is 1. The van der Waals surface area contributed by atoms with Crippen molar-refractivity contribution in [3.8, 4) is 0 Å². The predicted molar refractivity (Wildman–Crippen MR) is 86.0 cm³/mol. The number of amides is 2. The molecule has 2 amide bonds. The van der Waals surface area contributed by atoms with Gasteiger partial charge in [0.15, 0.2) is 0 Å². The van der Waals surface area contributed by atoms with Crippen LogP contribution in [0.2, 0.25) is 0 Å². The maximum absolute atomic E-state index is 11.7. The number of hydrogen-bond acceptors (Lipinski definition) is 5. The Morgan fingerprint density at radius 2 is 1.52 bits per heavy atom. The first-order valence-electron chi connectivity index (χ1n) is 7.49. The van der Waals surface area contributed by atoms with Gasteiger partial charge in [0, 0.05) is 19.4 Å². The van der Waals surface area contributed by atoms with Gasteiger partial charge in [-0.2, -0.15) is 0 Å². The van der Waals surface area contributed by atoms with Crippen molar-refractivity contribution in [3.63, 3.8) is 0 Å².